The number of pyridine rings is 1. The number of ether oxygens (including phenoxy) is 3. The lowest BCUT2D eigenvalue weighted by Gasteiger charge is -2.46. The molecule has 140 valence electrons. The summed E-state index contributed by atoms with van der Waals surface area (Å²) in [7, 11) is 0. The van der Waals surface area contributed by atoms with Crippen molar-refractivity contribution in [2.75, 3.05) is 6.61 Å². The van der Waals surface area contributed by atoms with Crippen LogP contribution in [-0.2, 0) is 14.2 Å². The molecule has 0 saturated carbocycles. The first-order valence-corrected chi connectivity index (χ1v) is 8.97. The van der Waals surface area contributed by atoms with Crippen LogP contribution in [-0.4, -0.2) is 51.2 Å². The molecule has 5 rings (SSSR count). The van der Waals surface area contributed by atoms with Crippen LogP contribution in [0.3, 0.4) is 0 Å². The number of benzene rings is 1. The molecule has 0 bridgehead atoms. The van der Waals surface area contributed by atoms with E-state index in [9.17, 15) is 10.2 Å². The topological polar surface area (TPSA) is 96.8 Å². The molecular formula is C20H20N2O5. The third-order valence-electron chi connectivity index (χ3n) is 5.20. The Hall–Kier alpha value is -2.29. The SMILES string of the molecule is O[C@@H]1[C@@H](O)[C@H](c2cnc3[nH]ccc3c2)O[C@@H]2COC(c3ccccc3)O[C@@H]12. The van der Waals surface area contributed by atoms with Gasteiger partial charge in [-0.05, 0) is 12.1 Å². The van der Waals surface area contributed by atoms with E-state index in [1.165, 1.54) is 0 Å². The molecule has 27 heavy (non-hydrogen) atoms. The first kappa shape index (κ1) is 16.9. The van der Waals surface area contributed by atoms with E-state index in [1.54, 1.807) is 12.4 Å². The highest BCUT2D eigenvalue weighted by atomic mass is 16.7. The van der Waals surface area contributed by atoms with Crippen molar-refractivity contribution in [1.29, 1.82) is 0 Å². The van der Waals surface area contributed by atoms with E-state index in [0.29, 0.717) is 5.56 Å². The van der Waals surface area contributed by atoms with Crippen molar-refractivity contribution in [2.45, 2.75) is 36.8 Å². The number of nitrogens with one attached hydrogen (secondary N) is 1. The van der Waals surface area contributed by atoms with Crippen molar-refractivity contribution in [3.8, 4) is 0 Å². The monoisotopic (exact) mass is 368 g/mol. The Bertz CT molecular complexity index is 928. The lowest BCUT2D eigenvalue weighted by Crippen LogP contribution is -2.59. The van der Waals surface area contributed by atoms with Crippen LogP contribution in [0.4, 0.5) is 0 Å². The maximum absolute atomic E-state index is 10.7. The molecule has 1 unspecified atom stereocenters. The third-order valence-corrected chi connectivity index (χ3v) is 5.20. The Morgan fingerprint density at radius 3 is 2.70 bits per heavy atom. The molecule has 2 saturated heterocycles. The fourth-order valence-corrected chi connectivity index (χ4v) is 3.78. The fraction of sp³-hybridized carbons (Fsp3) is 0.350. The second-order valence-electron chi connectivity index (χ2n) is 6.94. The molecule has 2 aliphatic rings. The van der Waals surface area contributed by atoms with Gasteiger partial charge in [0.25, 0.3) is 0 Å². The van der Waals surface area contributed by atoms with Gasteiger partial charge in [-0.2, -0.15) is 0 Å². The predicted octanol–water partition coefficient (Wildman–Crippen LogP) is 1.84. The normalized spacial score (nSPS) is 33.7. The maximum Gasteiger partial charge on any atom is 0.184 e. The number of aliphatic hydroxyl groups excluding tert-OH is 2. The van der Waals surface area contributed by atoms with Crippen LogP contribution < -0.4 is 0 Å². The van der Waals surface area contributed by atoms with Crippen LogP contribution in [0.1, 0.15) is 23.5 Å². The Labute approximate surface area is 155 Å². The van der Waals surface area contributed by atoms with E-state index in [2.05, 4.69) is 9.97 Å². The molecule has 3 aromatic rings. The Morgan fingerprint density at radius 2 is 1.85 bits per heavy atom. The van der Waals surface area contributed by atoms with Crippen LogP contribution in [0.15, 0.2) is 54.9 Å². The van der Waals surface area contributed by atoms with Crippen molar-refractivity contribution in [2.24, 2.45) is 0 Å². The summed E-state index contributed by atoms with van der Waals surface area (Å²) < 4.78 is 17.8. The summed E-state index contributed by atoms with van der Waals surface area (Å²) in [5.41, 5.74) is 2.33. The smallest absolute Gasteiger partial charge is 0.184 e. The predicted molar refractivity (Wildman–Crippen MR) is 95.7 cm³/mol. The van der Waals surface area contributed by atoms with Gasteiger partial charge in [-0.15, -0.1) is 0 Å². The van der Waals surface area contributed by atoms with E-state index in [4.69, 9.17) is 14.2 Å². The van der Waals surface area contributed by atoms with Gasteiger partial charge in [0.05, 0.1) is 6.61 Å². The van der Waals surface area contributed by atoms with Crippen LogP contribution >= 0.6 is 0 Å². The molecule has 0 amide bonds. The Balaban J connectivity index is 1.38. The molecule has 2 aromatic heterocycles. The minimum absolute atomic E-state index is 0.268. The summed E-state index contributed by atoms with van der Waals surface area (Å²) in [5.74, 6) is 0. The van der Waals surface area contributed by atoms with E-state index in [-0.39, 0.29) is 6.61 Å². The molecule has 4 heterocycles. The number of nitrogens with zero attached hydrogens (tertiary/aromatic N) is 1. The molecule has 0 aliphatic carbocycles. The van der Waals surface area contributed by atoms with Crippen molar-refractivity contribution in [3.05, 3.63) is 66.0 Å². The number of H-pyrrole nitrogens is 1. The quantitative estimate of drug-likeness (QED) is 0.639. The highest BCUT2D eigenvalue weighted by molar-refractivity contribution is 5.75. The van der Waals surface area contributed by atoms with Gasteiger partial charge in [-0.25, -0.2) is 4.98 Å². The molecular weight excluding hydrogens is 348 g/mol. The lowest BCUT2D eigenvalue weighted by molar-refractivity contribution is -0.330. The average Bonchev–Trinajstić information content (AvgIpc) is 3.19. The Kier molecular flexibility index (Phi) is 4.18. The average molecular weight is 368 g/mol. The van der Waals surface area contributed by atoms with Gasteiger partial charge in [-0.1, -0.05) is 30.3 Å². The van der Waals surface area contributed by atoms with Crippen LogP contribution in [0, 0.1) is 0 Å². The molecule has 3 N–H and O–H groups in total. The number of fused-ring (bicyclic) bond motifs is 2. The highest BCUT2D eigenvalue weighted by Crippen LogP contribution is 2.39. The highest BCUT2D eigenvalue weighted by Gasteiger charge is 2.49. The van der Waals surface area contributed by atoms with Gasteiger partial charge in [0.2, 0.25) is 0 Å². The van der Waals surface area contributed by atoms with Crippen LogP contribution in [0.5, 0.6) is 0 Å². The zero-order chi connectivity index (χ0) is 18.4. The lowest BCUT2D eigenvalue weighted by atomic mass is 9.91. The second-order valence-corrected chi connectivity index (χ2v) is 6.94. The number of hydrogen-bond donors (Lipinski definition) is 3. The summed E-state index contributed by atoms with van der Waals surface area (Å²) >= 11 is 0. The summed E-state index contributed by atoms with van der Waals surface area (Å²) in [4.78, 5) is 7.37. The van der Waals surface area contributed by atoms with Gasteiger partial charge < -0.3 is 29.4 Å². The van der Waals surface area contributed by atoms with Gasteiger partial charge in [0.1, 0.15) is 36.2 Å². The van der Waals surface area contributed by atoms with Crippen molar-refractivity contribution < 1.29 is 24.4 Å². The molecule has 1 aromatic carbocycles. The van der Waals surface area contributed by atoms with Gasteiger partial charge in [-0.3, -0.25) is 0 Å². The van der Waals surface area contributed by atoms with E-state index in [0.717, 1.165) is 16.6 Å². The number of aromatic nitrogens is 2. The number of aromatic amines is 1. The zero-order valence-corrected chi connectivity index (χ0v) is 14.4. The molecule has 6 atom stereocenters. The fourth-order valence-electron chi connectivity index (χ4n) is 3.78. The first-order chi connectivity index (χ1) is 13.2. The van der Waals surface area contributed by atoms with E-state index in [1.807, 2.05) is 42.5 Å². The van der Waals surface area contributed by atoms with Crippen LogP contribution in [0.25, 0.3) is 11.0 Å². The summed E-state index contributed by atoms with van der Waals surface area (Å²) in [6, 6.07) is 13.3. The molecule has 7 nitrogen and oxygen atoms in total. The van der Waals surface area contributed by atoms with Crippen molar-refractivity contribution >= 4 is 11.0 Å². The second kappa shape index (κ2) is 6.70. The van der Waals surface area contributed by atoms with Gasteiger partial charge in [0.15, 0.2) is 6.29 Å². The Morgan fingerprint density at radius 1 is 1.00 bits per heavy atom. The van der Waals surface area contributed by atoms with E-state index < -0.39 is 36.8 Å². The number of aliphatic hydroxyl groups is 2. The standard InChI is InChI=1S/C20H20N2O5/c23-15-16(24)18-14(10-25-20(27-18)11-4-2-1-3-5-11)26-17(15)13-8-12-6-7-21-19(12)22-9-13/h1-9,14-18,20,23-24H,10H2,(H,21,22)/t14-,15-,16-,17+,18-,20?/m1/s1. The molecule has 0 radical (unpaired) electrons. The van der Waals surface area contributed by atoms with Crippen molar-refractivity contribution in [1.82, 2.24) is 9.97 Å². The molecule has 2 fully saturated rings. The minimum atomic E-state index is -1.13. The summed E-state index contributed by atoms with van der Waals surface area (Å²) in [6.45, 7) is 0.268. The molecule has 0 spiro atoms. The molecule has 7 heteroatoms. The van der Waals surface area contributed by atoms with E-state index >= 15 is 0 Å². The van der Waals surface area contributed by atoms with Gasteiger partial charge in [0, 0.05) is 28.9 Å². The van der Waals surface area contributed by atoms with Crippen LogP contribution in [0.2, 0.25) is 0 Å². The van der Waals surface area contributed by atoms with Crippen molar-refractivity contribution in [3.63, 3.8) is 0 Å². The number of rotatable bonds is 2. The number of hydrogen-bond acceptors (Lipinski definition) is 6. The molecule has 2 aliphatic heterocycles. The minimum Gasteiger partial charge on any atom is -0.387 e. The third kappa shape index (κ3) is 2.93. The zero-order valence-electron chi connectivity index (χ0n) is 14.4. The largest absolute Gasteiger partial charge is 0.387 e. The van der Waals surface area contributed by atoms with Gasteiger partial charge >= 0.3 is 0 Å². The first-order valence-electron chi connectivity index (χ1n) is 8.97. The summed E-state index contributed by atoms with van der Waals surface area (Å²) in [5, 5.41) is 22.3. The maximum atomic E-state index is 10.7. The summed E-state index contributed by atoms with van der Waals surface area (Å²) in [6.07, 6.45) is -1.20.